The summed E-state index contributed by atoms with van der Waals surface area (Å²) in [4.78, 5) is 0.0465. The van der Waals surface area contributed by atoms with Gasteiger partial charge in [-0.15, -0.1) is 0 Å². The van der Waals surface area contributed by atoms with Crippen LogP contribution >= 0.6 is 0 Å². The molecule has 0 aliphatic rings. The second-order valence-corrected chi connectivity index (χ2v) is 6.81. The first-order valence-electron chi connectivity index (χ1n) is 7.61. The van der Waals surface area contributed by atoms with Gasteiger partial charge in [0.2, 0.25) is 0 Å². The number of halogens is 3. The van der Waals surface area contributed by atoms with Gasteiger partial charge in [0.15, 0.2) is 5.69 Å². The van der Waals surface area contributed by atoms with Crippen LogP contribution in [0.5, 0.6) is 0 Å². The van der Waals surface area contributed by atoms with Gasteiger partial charge in [-0.25, -0.2) is 4.68 Å². The van der Waals surface area contributed by atoms with Crippen molar-refractivity contribution in [2.75, 3.05) is 0 Å². The van der Waals surface area contributed by atoms with Crippen molar-refractivity contribution >= 4 is 11.1 Å². The summed E-state index contributed by atoms with van der Waals surface area (Å²) in [6.07, 6.45) is -4.59. The van der Waals surface area contributed by atoms with Gasteiger partial charge in [-0.05, 0) is 66.9 Å². The van der Waals surface area contributed by atoms with Crippen LogP contribution in [0, 0.1) is 13.8 Å². The summed E-state index contributed by atoms with van der Waals surface area (Å²) in [5.41, 5.74) is 1.96. The summed E-state index contributed by atoms with van der Waals surface area (Å²) >= 11 is -2.41. The Morgan fingerprint density at radius 2 is 1.69 bits per heavy atom. The van der Waals surface area contributed by atoms with Crippen LogP contribution in [0.3, 0.4) is 0 Å². The van der Waals surface area contributed by atoms with Crippen LogP contribution in [0.15, 0.2) is 53.4 Å². The molecule has 0 saturated carbocycles. The Bertz CT molecular complexity index is 979. The Kier molecular flexibility index (Phi) is 4.72. The smallest absolute Gasteiger partial charge is 0.435 e. The van der Waals surface area contributed by atoms with E-state index in [9.17, 15) is 21.9 Å². The van der Waals surface area contributed by atoms with Gasteiger partial charge in [0, 0.05) is 10.5 Å². The molecule has 3 aromatic rings. The van der Waals surface area contributed by atoms with Crippen LogP contribution in [0.4, 0.5) is 13.2 Å². The van der Waals surface area contributed by atoms with E-state index in [1.807, 2.05) is 26.0 Å². The first-order chi connectivity index (χ1) is 12.2. The number of hydrogen-bond donors (Lipinski definition) is 0. The molecule has 0 aliphatic carbocycles. The number of benzene rings is 2. The van der Waals surface area contributed by atoms with Gasteiger partial charge in [0.05, 0.1) is 11.4 Å². The lowest BCUT2D eigenvalue weighted by Gasteiger charge is -2.12. The Morgan fingerprint density at radius 1 is 1.04 bits per heavy atom. The molecule has 1 aromatic heterocycles. The second-order valence-electron chi connectivity index (χ2n) is 5.87. The molecule has 0 spiro atoms. The van der Waals surface area contributed by atoms with E-state index in [-0.39, 0.29) is 10.6 Å². The predicted octanol–water partition coefficient (Wildman–Crippen LogP) is 4.41. The Hall–Kier alpha value is -2.45. The van der Waals surface area contributed by atoms with E-state index >= 15 is 0 Å². The molecular formula is C18H14F3N2O2S-. The van der Waals surface area contributed by atoms with E-state index in [0.29, 0.717) is 11.3 Å². The minimum Gasteiger partial charge on any atom is -0.768 e. The van der Waals surface area contributed by atoms with E-state index < -0.39 is 23.0 Å². The Balaban J connectivity index is 2.22. The SMILES string of the molecule is Cc1ccc(C)c(-c2cc(C(F)(F)F)nn2-c2ccc(S(=O)[O-])cc2)c1. The maximum absolute atomic E-state index is 13.2. The highest BCUT2D eigenvalue weighted by molar-refractivity contribution is 7.79. The van der Waals surface area contributed by atoms with Crippen LogP contribution in [-0.4, -0.2) is 18.5 Å². The van der Waals surface area contributed by atoms with Crippen molar-refractivity contribution in [3.63, 3.8) is 0 Å². The van der Waals surface area contributed by atoms with E-state index in [1.165, 1.54) is 28.9 Å². The van der Waals surface area contributed by atoms with Gasteiger partial charge >= 0.3 is 6.18 Å². The Morgan fingerprint density at radius 3 is 2.27 bits per heavy atom. The highest BCUT2D eigenvalue weighted by atomic mass is 32.2. The highest BCUT2D eigenvalue weighted by Crippen LogP contribution is 2.34. The van der Waals surface area contributed by atoms with Crippen molar-refractivity contribution in [3.05, 3.63) is 65.4 Å². The molecule has 0 saturated heterocycles. The van der Waals surface area contributed by atoms with Gasteiger partial charge < -0.3 is 4.55 Å². The maximum Gasteiger partial charge on any atom is 0.435 e. The lowest BCUT2D eigenvalue weighted by Crippen LogP contribution is -2.07. The maximum atomic E-state index is 13.2. The normalized spacial score (nSPS) is 13.0. The van der Waals surface area contributed by atoms with Crippen molar-refractivity contribution in [1.29, 1.82) is 0 Å². The number of aryl methyl sites for hydroxylation is 2. The molecule has 1 unspecified atom stereocenters. The third-order valence-corrected chi connectivity index (χ3v) is 4.60. The molecule has 8 heteroatoms. The van der Waals surface area contributed by atoms with E-state index in [2.05, 4.69) is 5.10 Å². The molecule has 0 fully saturated rings. The number of rotatable bonds is 3. The van der Waals surface area contributed by atoms with E-state index in [4.69, 9.17) is 0 Å². The molecule has 26 heavy (non-hydrogen) atoms. The summed E-state index contributed by atoms with van der Waals surface area (Å²) in [6.45, 7) is 3.66. The van der Waals surface area contributed by atoms with Gasteiger partial charge in [0.25, 0.3) is 0 Å². The first kappa shape index (κ1) is 18.3. The van der Waals surface area contributed by atoms with E-state index in [0.717, 1.165) is 17.2 Å². The quantitative estimate of drug-likeness (QED) is 0.633. The van der Waals surface area contributed by atoms with Crippen LogP contribution in [0.25, 0.3) is 16.9 Å². The zero-order valence-corrected chi connectivity index (χ0v) is 14.7. The number of nitrogens with zero attached hydrogens (tertiary/aromatic N) is 2. The third-order valence-electron chi connectivity index (χ3n) is 3.94. The largest absolute Gasteiger partial charge is 0.768 e. The number of alkyl halides is 3. The molecule has 0 bridgehead atoms. The molecule has 1 atom stereocenters. The molecule has 0 radical (unpaired) electrons. The standard InChI is InChI=1S/C18H15F3N2O2S/c1-11-3-4-12(2)15(9-11)16-10-17(18(19,20)21)22-23(16)13-5-7-14(8-6-13)26(24)25/h3-10H,1-2H3,(H,24,25)/p-1. The summed E-state index contributed by atoms with van der Waals surface area (Å²) in [5.74, 6) is 0. The van der Waals surface area contributed by atoms with Crippen molar-refractivity contribution in [1.82, 2.24) is 9.78 Å². The molecule has 0 aliphatic heterocycles. The van der Waals surface area contributed by atoms with Crippen LogP contribution < -0.4 is 0 Å². The summed E-state index contributed by atoms with van der Waals surface area (Å²) in [7, 11) is 0. The summed E-state index contributed by atoms with van der Waals surface area (Å²) in [5, 5.41) is 3.71. The lowest BCUT2D eigenvalue weighted by atomic mass is 10.0. The van der Waals surface area contributed by atoms with Gasteiger partial charge in [-0.1, -0.05) is 17.7 Å². The number of aromatic nitrogens is 2. The van der Waals surface area contributed by atoms with Gasteiger partial charge in [-0.3, -0.25) is 4.21 Å². The van der Waals surface area contributed by atoms with Crippen molar-refractivity contribution < 1.29 is 21.9 Å². The second kappa shape index (κ2) is 6.69. The fraction of sp³-hybridized carbons (Fsp3) is 0.167. The molecule has 3 rings (SSSR count). The average Bonchev–Trinajstić information content (AvgIpc) is 3.02. The monoisotopic (exact) mass is 379 g/mol. The third kappa shape index (κ3) is 3.56. The van der Waals surface area contributed by atoms with Crippen LogP contribution in [-0.2, 0) is 17.3 Å². The lowest BCUT2D eigenvalue weighted by molar-refractivity contribution is -0.141. The molecule has 4 nitrogen and oxygen atoms in total. The zero-order chi connectivity index (χ0) is 19.1. The number of hydrogen-bond acceptors (Lipinski definition) is 3. The minimum atomic E-state index is -4.59. The molecule has 0 N–H and O–H groups in total. The van der Waals surface area contributed by atoms with Crippen molar-refractivity contribution in [2.24, 2.45) is 0 Å². The highest BCUT2D eigenvalue weighted by Gasteiger charge is 2.35. The fourth-order valence-corrected chi connectivity index (χ4v) is 2.98. The zero-order valence-electron chi connectivity index (χ0n) is 13.9. The summed E-state index contributed by atoms with van der Waals surface area (Å²) in [6, 6.07) is 12.0. The molecular weight excluding hydrogens is 365 g/mol. The van der Waals surface area contributed by atoms with Crippen molar-refractivity contribution in [2.45, 2.75) is 24.9 Å². The van der Waals surface area contributed by atoms with Crippen molar-refractivity contribution in [3.8, 4) is 16.9 Å². The molecule has 1 heterocycles. The molecule has 0 amide bonds. The van der Waals surface area contributed by atoms with E-state index in [1.54, 1.807) is 6.07 Å². The van der Waals surface area contributed by atoms with Crippen LogP contribution in [0.2, 0.25) is 0 Å². The summed E-state index contributed by atoms with van der Waals surface area (Å²) < 4.78 is 62.8. The topological polar surface area (TPSA) is 58.0 Å². The van der Waals surface area contributed by atoms with Gasteiger partial charge in [-0.2, -0.15) is 18.3 Å². The minimum absolute atomic E-state index is 0.0465. The Labute approximate surface area is 150 Å². The van der Waals surface area contributed by atoms with Gasteiger partial charge in [0.1, 0.15) is 0 Å². The average molecular weight is 379 g/mol. The van der Waals surface area contributed by atoms with Crippen LogP contribution in [0.1, 0.15) is 16.8 Å². The predicted molar refractivity (Wildman–Crippen MR) is 90.7 cm³/mol. The fourth-order valence-electron chi connectivity index (χ4n) is 2.62. The molecule has 136 valence electrons. The first-order valence-corrected chi connectivity index (χ1v) is 8.69. The molecule has 2 aromatic carbocycles.